The lowest BCUT2D eigenvalue weighted by atomic mass is 10.2. The summed E-state index contributed by atoms with van der Waals surface area (Å²) in [5.74, 6) is 0.501. The van der Waals surface area contributed by atoms with Crippen LogP contribution in [0.25, 0.3) is 0 Å². The van der Waals surface area contributed by atoms with Gasteiger partial charge >= 0.3 is 0 Å². The molecule has 2 fully saturated rings. The average Bonchev–Trinajstić information content (AvgIpc) is 3.10. The highest BCUT2D eigenvalue weighted by molar-refractivity contribution is 8.13. The van der Waals surface area contributed by atoms with Crippen molar-refractivity contribution in [3.05, 3.63) is 29.3 Å². The van der Waals surface area contributed by atoms with Crippen molar-refractivity contribution in [2.75, 3.05) is 56.5 Å². The van der Waals surface area contributed by atoms with Gasteiger partial charge in [0.2, 0.25) is 11.8 Å². The zero-order valence-electron chi connectivity index (χ0n) is 15.0. The van der Waals surface area contributed by atoms with Crippen molar-refractivity contribution in [2.24, 2.45) is 0 Å². The number of anilines is 1. The molecule has 146 valence electrons. The molecule has 0 atom stereocenters. The van der Waals surface area contributed by atoms with E-state index < -0.39 is 0 Å². The molecule has 1 N–H and O–H groups in total. The third-order valence-electron chi connectivity index (χ3n) is 4.71. The molecular weight excluding hydrogens is 388 g/mol. The maximum absolute atomic E-state index is 12.3. The Balaban J connectivity index is 1.36. The molecular formula is C18H23ClN4O3S. The zero-order chi connectivity index (χ0) is 19.2. The van der Waals surface area contributed by atoms with Crippen molar-refractivity contribution in [3.8, 4) is 0 Å². The summed E-state index contributed by atoms with van der Waals surface area (Å²) in [6, 6.07) is 7.67. The van der Waals surface area contributed by atoms with Gasteiger partial charge in [-0.1, -0.05) is 23.4 Å². The molecule has 0 bridgehead atoms. The molecule has 1 aromatic rings. The number of hydrogen-bond donors (Lipinski definition) is 1. The van der Waals surface area contributed by atoms with Gasteiger partial charge in [0.15, 0.2) is 0 Å². The Morgan fingerprint density at radius 2 is 1.78 bits per heavy atom. The third kappa shape index (κ3) is 5.52. The fourth-order valence-electron chi connectivity index (χ4n) is 3.11. The van der Waals surface area contributed by atoms with Gasteiger partial charge < -0.3 is 20.0 Å². The SMILES string of the molecule is O=C(CCN1CCSC1=O)NCC(=O)N1CCN(c2ccc(Cl)cc2)CC1. The van der Waals surface area contributed by atoms with E-state index in [0.29, 0.717) is 31.2 Å². The first-order valence-electron chi connectivity index (χ1n) is 8.99. The number of amides is 3. The lowest BCUT2D eigenvalue weighted by molar-refractivity contribution is -0.133. The Morgan fingerprint density at radius 3 is 2.41 bits per heavy atom. The second-order valence-electron chi connectivity index (χ2n) is 6.47. The first-order chi connectivity index (χ1) is 13.0. The van der Waals surface area contributed by atoms with Crippen LogP contribution in [-0.2, 0) is 9.59 Å². The van der Waals surface area contributed by atoms with E-state index in [9.17, 15) is 14.4 Å². The summed E-state index contributed by atoms with van der Waals surface area (Å²) in [6.45, 7) is 3.83. The van der Waals surface area contributed by atoms with Gasteiger partial charge in [0.05, 0.1) is 6.54 Å². The predicted molar refractivity (Wildman–Crippen MR) is 107 cm³/mol. The lowest BCUT2D eigenvalue weighted by Crippen LogP contribution is -2.51. The van der Waals surface area contributed by atoms with Gasteiger partial charge in [0.1, 0.15) is 0 Å². The standard InChI is InChI=1S/C18H23ClN4O3S/c19-14-1-3-15(4-2-14)21-7-9-22(10-8-21)17(25)13-20-16(24)5-6-23-11-12-27-18(23)26/h1-4H,5-13H2,(H,20,24). The monoisotopic (exact) mass is 410 g/mol. The molecule has 1 aromatic carbocycles. The number of nitrogens with one attached hydrogen (secondary N) is 1. The third-order valence-corrected chi connectivity index (χ3v) is 5.86. The van der Waals surface area contributed by atoms with Crippen LogP contribution in [0.3, 0.4) is 0 Å². The second-order valence-corrected chi connectivity index (χ2v) is 7.95. The number of carbonyl (C=O) groups excluding carboxylic acids is 3. The zero-order valence-corrected chi connectivity index (χ0v) is 16.6. The molecule has 0 saturated carbocycles. The molecule has 0 aliphatic carbocycles. The number of thioether (sulfide) groups is 1. The largest absolute Gasteiger partial charge is 0.368 e. The molecule has 3 amide bonds. The molecule has 7 nitrogen and oxygen atoms in total. The van der Waals surface area contributed by atoms with Crippen LogP contribution < -0.4 is 10.2 Å². The number of piperazine rings is 1. The van der Waals surface area contributed by atoms with Crippen LogP contribution in [0.5, 0.6) is 0 Å². The van der Waals surface area contributed by atoms with Gasteiger partial charge in [-0.15, -0.1) is 0 Å². The van der Waals surface area contributed by atoms with Crippen LogP contribution in [0.1, 0.15) is 6.42 Å². The maximum atomic E-state index is 12.3. The van der Waals surface area contributed by atoms with Gasteiger partial charge in [0, 0.05) is 62.2 Å². The van der Waals surface area contributed by atoms with Crippen molar-refractivity contribution in [1.29, 1.82) is 0 Å². The second kappa shape index (κ2) is 9.32. The minimum atomic E-state index is -0.201. The van der Waals surface area contributed by atoms with Crippen LogP contribution in [0.2, 0.25) is 5.02 Å². The summed E-state index contributed by atoms with van der Waals surface area (Å²) < 4.78 is 0. The normalized spacial score (nSPS) is 17.4. The van der Waals surface area contributed by atoms with E-state index in [4.69, 9.17) is 11.6 Å². The summed E-state index contributed by atoms with van der Waals surface area (Å²) in [5.41, 5.74) is 1.09. The molecule has 2 aliphatic heterocycles. The van der Waals surface area contributed by atoms with E-state index in [1.807, 2.05) is 24.3 Å². The maximum Gasteiger partial charge on any atom is 0.281 e. The van der Waals surface area contributed by atoms with Crippen molar-refractivity contribution < 1.29 is 14.4 Å². The molecule has 9 heteroatoms. The topological polar surface area (TPSA) is 73.0 Å². The van der Waals surface area contributed by atoms with E-state index in [0.717, 1.165) is 24.5 Å². The lowest BCUT2D eigenvalue weighted by Gasteiger charge is -2.36. The van der Waals surface area contributed by atoms with E-state index >= 15 is 0 Å². The molecule has 2 heterocycles. The highest BCUT2D eigenvalue weighted by Gasteiger charge is 2.23. The van der Waals surface area contributed by atoms with Gasteiger partial charge in [0.25, 0.3) is 5.24 Å². The van der Waals surface area contributed by atoms with Crippen LogP contribution in [0.15, 0.2) is 24.3 Å². The molecule has 27 heavy (non-hydrogen) atoms. The fourth-order valence-corrected chi connectivity index (χ4v) is 4.08. The van der Waals surface area contributed by atoms with E-state index in [-0.39, 0.29) is 30.0 Å². The first-order valence-corrected chi connectivity index (χ1v) is 10.4. The Morgan fingerprint density at radius 1 is 1.07 bits per heavy atom. The predicted octanol–water partition coefficient (Wildman–Crippen LogP) is 1.66. The van der Waals surface area contributed by atoms with Crippen LogP contribution >= 0.6 is 23.4 Å². The summed E-state index contributed by atoms with van der Waals surface area (Å²) in [5, 5.41) is 3.39. The van der Waals surface area contributed by atoms with Gasteiger partial charge in [-0.2, -0.15) is 0 Å². The minimum absolute atomic E-state index is 0.00246. The first kappa shape index (κ1) is 19.8. The van der Waals surface area contributed by atoms with E-state index in [2.05, 4.69) is 10.2 Å². The van der Waals surface area contributed by atoms with Crippen LogP contribution in [0, 0.1) is 0 Å². The van der Waals surface area contributed by atoms with Gasteiger partial charge in [-0.25, -0.2) is 0 Å². The quantitative estimate of drug-likeness (QED) is 0.772. The summed E-state index contributed by atoms with van der Waals surface area (Å²) in [4.78, 5) is 41.4. The van der Waals surface area contributed by atoms with Crippen molar-refractivity contribution in [1.82, 2.24) is 15.1 Å². The molecule has 3 rings (SSSR count). The Hall–Kier alpha value is -1.93. The number of halogens is 1. The van der Waals surface area contributed by atoms with Gasteiger partial charge in [-0.3, -0.25) is 14.4 Å². The Kier molecular flexibility index (Phi) is 6.84. The summed E-state index contributed by atoms with van der Waals surface area (Å²) >= 11 is 7.19. The molecule has 0 spiro atoms. The number of rotatable bonds is 6. The molecule has 0 radical (unpaired) electrons. The Labute approximate surface area is 168 Å². The molecule has 2 aliphatic rings. The summed E-state index contributed by atoms with van der Waals surface area (Å²) in [6.07, 6.45) is 0.226. The number of benzene rings is 1. The molecule has 0 aromatic heterocycles. The highest BCUT2D eigenvalue weighted by atomic mass is 35.5. The summed E-state index contributed by atoms with van der Waals surface area (Å²) in [7, 11) is 0. The fraction of sp³-hybridized carbons (Fsp3) is 0.500. The number of carbonyl (C=O) groups is 3. The van der Waals surface area contributed by atoms with Crippen LogP contribution in [0.4, 0.5) is 10.5 Å². The number of hydrogen-bond acceptors (Lipinski definition) is 5. The minimum Gasteiger partial charge on any atom is -0.368 e. The van der Waals surface area contributed by atoms with E-state index in [1.165, 1.54) is 11.8 Å². The van der Waals surface area contributed by atoms with Crippen LogP contribution in [-0.4, -0.2) is 78.4 Å². The molecule has 2 saturated heterocycles. The Bertz CT molecular complexity index is 692. The van der Waals surface area contributed by atoms with E-state index in [1.54, 1.807) is 9.80 Å². The molecule has 0 unspecified atom stereocenters. The van der Waals surface area contributed by atoms with Crippen molar-refractivity contribution >= 4 is 46.1 Å². The van der Waals surface area contributed by atoms with Crippen molar-refractivity contribution in [2.45, 2.75) is 6.42 Å². The number of nitrogens with zero attached hydrogens (tertiary/aromatic N) is 3. The smallest absolute Gasteiger partial charge is 0.281 e. The van der Waals surface area contributed by atoms with Gasteiger partial charge in [-0.05, 0) is 24.3 Å². The average molecular weight is 411 g/mol. The van der Waals surface area contributed by atoms with Crippen molar-refractivity contribution in [3.63, 3.8) is 0 Å². The highest BCUT2D eigenvalue weighted by Crippen LogP contribution is 2.19.